The van der Waals surface area contributed by atoms with Gasteiger partial charge >= 0.3 is 67.1 Å². The molecule has 8 heteroatoms. The predicted molar refractivity (Wildman–Crippen MR) is 10.7 cm³/mol. The number of hydrogen-bond donors (Lipinski definition) is 0. The molecule has 8 heavy (non-hydrogen) atoms. The van der Waals surface area contributed by atoms with Gasteiger partial charge in [0.05, 0.1) is 0 Å². The Kier molecular flexibility index (Phi) is 23.4. The summed E-state index contributed by atoms with van der Waals surface area (Å²) in [7, 11) is 0. The molecule has 40 valence electrons. The third-order valence-electron chi connectivity index (χ3n) is 0. The first-order valence-corrected chi connectivity index (χ1v) is 3.46. The van der Waals surface area contributed by atoms with Crippen LogP contribution in [0.15, 0.2) is 0 Å². The van der Waals surface area contributed by atoms with E-state index in [2.05, 4.69) is 0 Å². The van der Waals surface area contributed by atoms with Gasteiger partial charge in [-0.3, -0.25) is 0 Å². The third-order valence-corrected chi connectivity index (χ3v) is 0. The Labute approximate surface area is 72.4 Å². The fourth-order valence-electron chi connectivity index (χ4n) is 0. The van der Waals surface area contributed by atoms with Crippen molar-refractivity contribution in [3.05, 3.63) is 0 Å². The summed E-state index contributed by atoms with van der Waals surface area (Å²) in [6.45, 7) is 0. The molecule has 0 spiro atoms. The number of hydrogen-bond acceptors (Lipinski definition) is 4. The second kappa shape index (κ2) is 8.19. The van der Waals surface area contributed by atoms with E-state index < -0.39 is 13.4 Å². The largest absolute Gasteiger partial charge is 1.00 e. The summed E-state index contributed by atoms with van der Waals surface area (Å²) in [5, 5.41) is 0. The van der Waals surface area contributed by atoms with Crippen molar-refractivity contribution >= 4 is 13.4 Å². The molecule has 2 N–H and O–H groups in total. The summed E-state index contributed by atoms with van der Waals surface area (Å²) >= 11 is -5.75. The van der Waals surface area contributed by atoms with Crippen LogP contribution >= 0.6 is 0 Å². The van der Waals surface area contributed by atoms with Crippen LogP contribution in [0.1, 0.15) is 0 Å². The van der Waals surface area contributed by atoms with Crippen LogP contribution in [0.4, 0.5) is 0 Å². The molecule has 0 aliphatic rings. The molecule has 0 radical (unpaired) electrons. The molecule has 0 aromatic heterocycles. The van der Waals surface area contributed by atoms with Crippen molar-refractivity contribution < 1.29 is 59.2 Å². The van der Waals surface area contributed by atoms with Gasteiger partial charge in [-0.05, 0) is 0 Å². The first kappa shape index (κ1) is 22.9. The molecule has 0 amide bonds. The van der Waals surface area contributed by atoms with E-state index in [0.29, 0.717) is 0 Å². The van der Waals surface area contributed by atoms with E-state index in [-0.39, 0.29) is 43.2 Å². The third kappa shape index (κ3) is 194. The standard InChI is InChI=1S/2Li.H2O4Se.H2O/c;;1-5(2,3)4;/h;;(H2,1,2,3,4);1H2/q2*+1;;/p-2. The quantitative estimate of drug-likeness (QED) is 0.340. The molecule has 0 saturated carbocycles. The van der Waals surface area contributed by atoms with E-state index in [9.17, 15) is 0 Å². The fourth-order valence-corrected chi connectivity index (χ4v) is 0. The Balaban J connectivity index is -0.0000000267. The van der Waals surface area contributed by atoms with Crippen molar-refractivity contribution in [3.8, 4) is 0 Å². The van der Waals surface area contributed by atoms with Gasteiger partial charge in [0.15, 0.2) is 0 Å². The summed E-state index contributed by atoms with van der Waals surface area (Å²) in [6, 6.07) is 0. The molecule has 0 aliphatic carbocycles. The summed E-state index contributed by atoms with van der Waals surface area (Å²) in [5.74, 6) is 0. The topological polar surface area (TPSA) is 112 Å². The summed E-state index contributed by atoms with van der Waals surface area (Å²) in [6.07, 6.45) is 0. The van der Waals surface area contributed by atoms with Crippen molar-refractivity contribution in [1.29, 1.82) is 0 Å². The average Bonchev–Trinajstić information content (AvgIpc) is 0.722. The zero-order valence-electron chi connectivity index (χ0n) is 4.54. The van der Waals surface area contributed by atoms with Crippen molar-refractivity contribution in [1.82, 2.24) is 0 Å². The van der Waals surface area contributed by atoms with Crippen LogP contribution in [-0.2, 0) is 7.67 Å². The van der Waals surface area contributed by atoms with Crippen molar-refractivity contribution in [3.63, 3.8) is 0 Å². The Morgan fingerprint density at radius 1 is 1.00 bits per heavy atom. The second-order valence-corrected chi connectivity index (χ2v) is 2.12. The van der Waals surface area contributed by atoms with Crippen LogP contribution in [0.5, 0.6) is 0 Å². The first-order valence-electron chi connectivity index (χ1n) is 0.667. The minimum Gasteiger partial charge on any atom is 1.00 e. The molecular formula is H2Li2O5Se. The zero-order valence-corrected chi connectivity index (χ0v) is 6.25. The van der Waals surface area contributed by atoms with Gasteiger partial charge in [-0.15, -0.1) is 0 Å². The van der Waals surface area contributed by atoms with Crippen LogP contribution in [-0.4, -0.2) is 18.8 Å². The minimum absolute atomic E-state index is 0. The maximum absolute atomic E-state index is 8.59. The first-order chi connectivity index (χ1) is 2.00. The van der Waals surface area contributed by atoms with E-state index in [4.69, 9.17) is 16.0 Å². The van der Waals surface area contributed by atoms with Crippen LogP contribution in [0.3, 0.4) is 0 Å². The van der Waals surface area contributed by atoms with Gasteiger partial charge in [0.1, 0.15) is 0 Å². The average molecular weight is 175 g/mol. The van der Waals surface area contributed by atoms with Crippen LogP contribution < -0.4 is 46.1 Å². The Bertz CT molecular complexity index is 93.6. The van der Waals surface area contributed by atoms with Gasteiger partial charge in [-0.1, -0.05) is 0 Å². The molecule has 0 unspecified atom stereocenters. The molecule has 0 aromatic carbocycles. The van der Waals surface area contributed by atoms with Crippen molar-refractivity contribution in [2.24, 2.45) is 0 Å². The summed E-state index contributed by atoms with van der Waals surface area (Å²) in [5.41, 5.74) is 0. The smallest absolute Gasteiger partial charge is 1.00 e. The van der Waals surface area contributed by atoms with Gasteiger partial charge in [0.2, 0.25) is 0 Å². The van der Waals surface area contributed by atoms with Crippen molar-refractivity contribution in [2.45, 2.75) is 0 Å². The van der Waals surface area contributed by atoms with E-state index in [1.807, 2.05) is 0 Å². The zero-order chi connectivity index (χ0) is 4.50. The van der Waals surface area contributed by atoms with Gasteiger partial charge < -0.3 is 5.48 Å². The molecule has 0 fully saturated rings. The molecule has 0 saturated heterocycles. The summed E-state index contributed by atoms with van der Waals surface area (Å²) < 4.78 is 34.4. The van der Waals surface area contributed by atoms with Gasteiger partial charge in [-0.2, -0.15) is 0 Å². The normalized spacial score (nSPS) is 7.25. The molecule has 0 aliphatic heterocycles. The van der Waals surface area contributed by atoms with Gasteiger partial charge in [0.25, 0.3) is 0 Å². The van der Waals surface area contributed by atoms with Crippen LogP contribution in [0, 0.1) is 0 Å². The van der Waals surface area contributed by atoms with Gasteiger partial charge in [-0.25, -0.2) is 0 Å². The van der Waals surface area contributed by atoms with E-state index >= 15 is 0 Å². The van der Waals surface area contributed by atoms with Crippen LogP contribution in [0.25, 0.3) is 0 Å². The maximum Gasteiger partial charge on any atom is 1.00 e. The molecule has 0 heterocycles. The molecule has 0 atom stereocenters. The minimum atomic E-state index is -5.75. The van der Waals surface area contributed by atoms with Crippen molar-refractivity contribution in [2.75, 3.05) is 0 Å². The monoisotopic (exact) mass is 176 g/mol. The molecule has 5 nitrogen and oxygen atoms in total. The number of rotatable bonds is 0. The Morgan fingerprint density at radius 2 is 1.00 bits per heavy atom. The van der Waals surface area contributed by atoms with E-state index in [1.165, 1.54) is 0 Å². The predicted octanol–water partition coefficient (Wildman–Crippen LogP) is -9.81. The van der Waals surface area contributed by atoms with E-state index in [0.717, 1.165) is 0 Å². The summed E-state index contributed by atoms with van der Waals surface area (Å²) in [4.78, 5) is 0. The van der Waals surface area contributed by atoms with Gasteiger partial charge in [0, 0.05) is 0 Å². The van der Waals surface area contributed by atoms with E-state index in [1.54, 1.807) is 0 Å². The Hall–Kier alpha value is 1.19. The fraction of sp³-hybridized carbons (Fsp3) is 0. The van der Waals surface area contributed by atoms with Crippen LogP contribution in [0.2, 0.25) is 0 Å². The molecule has 0 bridgehead atoms. The SMILES string of the molecule is O.O=[Se](=O)([O-])[O-].[Li+].[Li+]. The molecule has 0 aromatic rings. The second-order valence-electron chi connectivity index (χ2n) is 0.408. The molecule has 0 rings (SSSR count). The Morgan fingerprint density at radius 3 is 1.00 bits per heavy atom. The molecular weight excluding hydrogens is 173 g/mol. The maximum atomic E-state index is 8.59.